The van der Waals surface area contributed by atoms with Crippen molar-refractivity contribution in [3.63, 3.8) is 0 Å². The molecule has 4 nitrogen and oxygen atoms in total. The molecule has 0 aliphatic heterocycles. The Kier molecular flexibility index (Phi) is 46.1. The molecule has 0 spiro atoms. The molecule has 0 aliphatic rings. The van der Waals surface area contributed by atoms with Gasteiger partial charge in [-0.1, -0.05) is 195 Å². The number of aliphatic hydroxyl groups excluding tert-OH is 1. The van der Waals surface area contributed by atoms with Crippen LogP contribution in [0.25, 0.3) is 0 Å². The minimum absolute atomic E-state index is 0.186. The molecule has 320 valence electrons. The third-order valence-corrected chi connectivity index (χ3v) is 9.64. The molecule has 4 heteroatoms. The van der Waals surface area contributed by atoms with Gasteiger partial charge in [-0.05, 0) is 96.3 Å². The molecule has 0 saturated heterocycles. The van der Waals surface area contributed by atoms with Gasteiger partial charge in [-0.15, -0.1) is 0 Å². The average molecular weight is 777 g/mol. The van der Waals surface area contributed by atoms with Crippen LogP contribution >= 0.6 is 0 Å². The van der Waals surface area contributed by atoms with Crippen LogP contribution in [0, 0.1) is 0 Å². The zero-order valence-electron chi connectivity index (χ0n) is 36.6. The molecule has 1 N–H and O–H groups in total. The predicted molar refractivity (Wildman–Crippen MR) is 246 cm³/mol. The molecule has 0 aromatic carbocycles. The van der Waals surface area contributed by atoms with Crippen molar-refractivity contribution in [2.75, 3.05) is 19.8 Å². The van der Waals surface area contributed by atoms with Crippen LogP contribution in [0.1, 0.15) is 200 Å². The zero-order valence-corrected chi connectivity index (χ0v) is 36.6. The lowest BCUT2D eigenvalue weighted by molar-refractivity contribution is -0.154. The summed E-state index contributed by atoms with van der Waals surface area (Å²) >= 11 is 0. The average Bonchev–Trinajstić information content (AvgIpc) is 3.20. The van der Waals surface area contributed by atoms with Crippen LogP contribution in [-0.4, -0.2) is 37.0 Å². The molecule has 0 aliphatic carbocycles. The Hall–Kier alpha value is -2.69. The van der Waals surface area contributed by atoms with Crippen LogP contribution in [0.3, 0.4) is 0 Å². The molecule has 1 unspecified atom stereocenters. The molecule has 0 rings (SSSR count). The van der Waals surface area contributed by atoms with Crippen LogP contribution < -0.4 is 0 Å². The highest BCUT2D eigenvalue weighted by Gasteiger charge is 2.13. The SMILES string of the molecule is CC/C=C\C/C=C\C/C=C\C/C=C\C/C=C\C/C=C\CCCCCCCCC(=O)OC(CO)COCCCCCCCCCC/C=C\C/C=C\CCCCCC. The number of allylic oxidation sites excluding steroid dienone is 16. The maximum absolute atomic E-state index is 12.2. The summed E-state index contributed by atoms with van der Waals surface area (Å²) < 4.78 is 11.2. The van der Waals surface area contributed by atoms with E-state index in [4.69, 9.17) is 9.47 Å². The maximum Gasteiger partial charge on any atom is 0.306 e. The van der Waals surface area contributed by atoms with Crippen LogP contribution in [-0.2, 0) is 14.3 Å². The van der Waals surface area contributed by atoms with Gasteiger partial charge in [0, 0.05) is 13.0 Å². The number of hydrogen-bond acceptors (Lipinski definition) is 4. The fourth-order valence-electron chi connectivity index (χ4n) is 6.18. The first-order chi connectivity index (χ1) is 27.7. The van der Waals surface area contributed by atoms with E-state index in [0.717, 1.165) is 77.0 Å². The van der Waals surface area contributed by atoms with E-state index in [1.807, 2.05) is 0 Å². The number of ether oxygens (including phenoxy) is 2. The van der Waals surface area contributed by atoms with E-state index in [1.165, 1.54) is 103 Å². The molecule has 56 heavy (non-hydrogen) atoms. The van der Waals surface area contributed by atoms with Crippen LogP contribution in [0.5, 0.6) is 0 Å². The summed E-state index contributed by atoms with van der Waals surface area (Å²) in [6.07, 6.45) is 69.0. The summed E-state index contributed by atoms with van der Waals surface area (Å²) in [4.78, 5) is 12.2. The lowest BCUT2D eigenvalue weighted by Crippen LogP contribution is -2.27. The fraction of sp³-hybridized carbons (Fsp3) is 0.673. The highest BCUT2D eigenvalue weighted by molar-refractivity contribution is 5.69. The number of carbonyl (C=O) groups is 1. The van der Waals surface area contributed by atoms with Gasteiger partial charge in [0.1, 0.15) is 6.10 Å². The second-order valence-corrected chi connectivity index (χ2v) is 15.1. The Morgan fingerprint density at radius 2 is 0.804 bits per heavy atom. The highest BCUT2D eigenvalue weighted by Crippen LogP contribution is 2.12. The van der Waals surface area contributed by atoms with Crippen molar-refractivity contribution >= 4 is 5.97 Å². The number of aliphatic hydroxyl groups is 1. The van der Waals surface area contributed by atoms with Crippen molar-refractivity contribution < 1.29 is 19.4 Å². The standard InChI is InChI=1S/C52H88O4/c1-3-5-7-9-11-13-15-17-19-21-23-24-25-26-27-28-29-31-33-35-37-39-41-43-45-47-52(54)56-51(49-53)50-55-48-46-44-42-40-38-36-34-32-30-22-20-18-16-14-12-10-8-6-4-2/h5,7,11,13-14,16-17,19-20,22-24,26-27,29,31,51,53H,3-4,6,8-10,12,15,18,21,25,28,30,32-50H2,1-2H3/b7-5-,13-11-,16-14-,19-17-,22-20-,24-23-,27-26-,31-29-. The fourth-order valence-corrected chi connectivity index (χ4v) is 6.18. The van der Waals surface area contributed by atoms with Crippen molar-refractivity contribution in [2.24, 2.45) is 0 Å². The lowest BCUT2D eigenvalue weighted by Gasteiger charge is -2.15. The summed E-state index contributed by atoms with van der Waals surface area (Å²) in [5.41, 5.74) is 0. The Morgan fingerprint density at radius 3 is 1.21 bits per heavy atom. The highest BCUT2D eigenvalue weighted by atomic mass is 16.6. The predicted octanol–water partition coefficient (Wildman–Crippen LogP) is 15.7. The van der Waals surface area contributed by atoms with E-state index < -0.39 is 6.10 Å². The van der Waals surface area contributed by atoms with Gasteiger partial charge in [-0.25, -0.2) is 0 Å². The molecule has 0 saturated carbocycles. The van der Waals surface area contributed by atoms with E-state index >= 15 is 0 Å². The zero-order chi connectivity index (χ0) is 40.5. The Balaban J connectivity index is 3.53. The smallest absolute Gasteiger partial charge is 0.306 e. The molecule has 0 amide bonds. The summed E-state index contributed by atoms with van der Waals surface area (Å²) in [5.74, 6) is -0.220. The van der Waals surface area contributed by atoms with Gasteiger partial charge in [0.05, 0.1) is 13.2 Å². The summed E-state index contributed by atoms with van der Waals surface area (Å²) in [5, 5.41) is 9.63. The van der Waals surface area contributed by atoms with Gasteiger partial charge >= 0.3 is 5.97 Å². The minimum Gasteiger partial charge on any atom is -0.457 e. The van der Waals surface area contributed by atoms with Crippen molar-refractivity contribution in [1.82, 2.24) is 0 Å². The van der Waals surface area contributed by atoms with Gasteiger partial charge in [-0.3, -0.25) is 4.79 Å². The van der Waals surface area contributed by atoms with Crippen LogP contribution in [0.2, 0.25) is 0 Å². The van der Waals surface area contributed by atoms with E-state index in [-0.39, 0.29) is 19.2 Å². The quantitative estimate of drug-likeness (QED) is 0.0381. The number of esters is 1. The molecular weight excluding hydrogens is 689 g/mol. The summed E-state index contributed by atoms with van der Waals surface area (Å²) in [6.45, 7) is 5.18. The molecule has 0 aromatic heterocycles. The first-order valence-corrected chi connectivity index (χ1v) is 23.3. The topological polar surface area (TPSA) is 55.8 Å². The molecule has 1 atom stereocenters. The Morgan fingerprint density at radius 1 is 0.446 bits per heavy atom. The van der Waals surface area contributed by atoms with E-state index in [9.17, 15) is 9.90 Å². The lowest BCUT2D eigenvalue weighted by atomic mass is 10.1. The first-order valence-electron chi connectivity index (χ1n) is 23.3. The third-order valence-electron chi connectivity index (χ3n) is 9.64. The van der Waals surface area contributed by atoms with Crippen molar-refractivity contribution in [3.05, 3.63) is 97.2 Å². The number of rotatable bonds is 42. The molecule has 0 heterocycles. The van der Waals surface area contributed by atoms with E-state index in [2.05, 4.69) is 111 Å². The van der Waals surface area contributed by atoms with Gasteiger partial charge in [0.2, 0.25) is 0 Å². The summed E-state index contributed by atoms with van der Waals surface area (Å²) in [6, 6.07) is 0. The van der Waals surface area contributed by atoms with E-state index in [1.54, 1.807) is 0 Å². The van der Waals surface area contributed by atoms with Crippen LogP contribution in [0.4, 0.5) is 0 Å². The van der Waals surface area contributed by atoms with Gasteiger partial charge in [-0.2, -0.15) is 0 Å². The van der Waals surface area contributed by atoms with Gasteiger partial charge in [0.25, 0.3) is 0 Å². The molecule has 0 aromatic rings. The molecule has 0 bridgehead atoms. The van der Waals surface area contributed by atoms with Crippen LogP contribution in [0.15, 0.2) is 97.2 Å². The van der Waals surface area contributed by atoms with Crippen molar-refractivity contribution in [2.45, 2.75) is 206 Å². The largest absolute Gasteiger partial charge is 0.457 e. The number of hydrogen-bond donors (Lipinski definition) is 1. The van der Waals surface area contributed by atoms with Crippen molar-refractivity contribution in [3.8, 4) is 0 Å². The molecule has 0 fully saturated rings. The maximum atomic E-state index is 12.2. The van der Waals surface area contributed by atoms with Crippen molar-refractivity contribution in [1.29, 1.82) is 0 Å². The number of carbonyl (C=O) groups excluding carboxylic acids is 1. The Labute approximate surface area is 347 Å². The second-order valence-electron chi connectivity index (χ2n) is 15.1. The minimum atomic E-state index is -0.553. The third kappa shape index (κ3) is 45.7. The second kappa shape index (κ2) is 48.5. The van der Waals surface area contributed by atoms with E-state index in [0.29, 0.717) is 13.0 Å². The van der Waals surface area contributed by atoms with Gasteiger partial charge < -0.3 is 14.6 Å². The van der Waals surface area contributed by atoms with Gasteiger partial charge in [0.15, 0.2) is 0 Å². The molecule has 0 radical (unpaired) electrons. The monoisotopic (exact) mass is 777 g/mol. The number of unbranched alkanes of at least 4 members (excludes halogenated alkanes) is 18. The first kappa shape index (κ1) is 53.3. The Bertz CT molecular complexity index is 1040. The summed E-state index contributed by atoms with van der Waals surface area (Å²) in [7, 11) is 0. The molecular formula is C52H88O4. The normalized spacial score (nSPS) is 13.3.